The summed E-state index contributed by atoms with van der Waals surface area (Å²) in [5.41, 5.74) is 1.59. The molecule has 6 rings (SSSR count). The molecule has 5 heterocycles. The zero-order valence-corrected chi connectivity index (χ0v) is 13.9. The van der Waals surface area contributed by atoms with Gasteiger partial charge in [0.1, 0.15) is 5.60 Å². The van der Waals surface area contributed by atoms with Crippen LogP contribution in [0.2, 0.25) is 0 Å². The normalized spacial score (nSPS) is 40.6. The first-order valence-electron chi connectivity index (χ1n) is 9.28. The maximum Gasteiger partial charge on any atom is 0.233 e. The van der Waals surface area contributed by atoms with Gasteiger partial charge in [-0.15, -0.1) is 0 Å². The molecule has 0 unspecified atom stereocenters. The molecule has 5 heteroatoms. The van der Waals surface area contributed by atoms with Gasteiger partial charge in [-0.25, -0.2) is 0 Å². The number of anilines is 1. The van der Waals surface area contributed by atoms with E-state index in [0.29, 0.717) is 6.42 Å². The van der Waals surface area contributed by atoms with Crippen LogP contribution >= 0.6 is 0 Å². The minimum atomic E-state index is -0.490. The van der Waals surface area contributed by atoms with Crippen LogP contribution in [0, 0.1) is 5.92 Å². The Morgan fingerprint density at radius 2 is 2.04 bits per heavy atom. The van der Waals surface area contributed by atoms with E-state index in [2.05, 4.69) is 18.2 Å². The minimum Gasteiger partial charge on any atom is -0.361 e. The molecule has 0 aliphatic carbocycles. The second-order valence-corrected chi connectivity index (χ2v) is 7.88. The molecule has 5 atom stereocenters. The number of amides is 2. The number of rotatable bonds is 1. The highest BCUT2D eigenvalue weighted by molar-refractivity contribution is 6.02. The number of carbonyl (C=O) groups excluding carboxylic acids is 2. The third-order valence-electron chi connectivity index (χ3n) is 6.80. The van der Waals surface area contributed by atoms with Gasteiger partial charge >= 0.3 is 0 Å². The Labute approximate surface area is 146 Å². The Bertz CT molecular complexity index is 834. The van der Waals surface area contributed by atoms with Crippen LogP contribution in [0.15, 0.2) is 36.4 Å². The Kier molecular flexibility index (Phi) is 2.55. The van der Waals surface area contributed by atoms with E-state index < -0.39 is 5.60 Å². The SMILES string of the molecule is O=C1CCCN1[C@H]1C[C@@H]2N(C(=O)[C@@H]3C[C@H]4C=C[C@@]23O4)c2ccccc21. The van der Waals surface area contributed by atoms with Gasteiger partial charge in [0.15, 0.2) is 0 Å². The first kappa shape index (κ1) is 14.1. The highest BCUT2D eigenvalue weighted by Crippen LogP contribution is 2.58. The van der Waals surface area contributed by atoms with Gasteiger partial charge < -0.3 is 14.5 Å². The van der Waals surface area contributed by atoms with Crippen LogP contribution in [0.5, 0.6) is 0 Å². The van der Waals surface area contributed by atoms with E-state index in [0.717, 1.165) is 37.1 Å². The van der Waals surface area contributed by atoms with E-state index in [9.17, 15) is 9.59 Å². The Morgan fingerprint density at radius 1 is 1.16 bits per heavy atom. The summed E-state index contributed by atoms with van der Waals surface area (Å²) in [6.45, 7) is 0.814. The van der Waals surface area contributed by atoms with Gasteiger partial charge in [-0.3, -0.25) is 9.59 Å². The summed E-state index contributed by atoms with van der Waals surface area (Å²) in [5, 5.41) is 0. The number of ether oxygens (including phenoxy) is 1. The fourth-order valence-electron chi connectivity index (χ4n) is 5.78. The minimum absolute atomic E-state index is 0.0120. The van der Waals surface area contributed by atoms with Crippen molar-refractivity contribution in [2.24, 2.45) is 5.92 Å². The van der Waals surface area contributed by atoms with Gasteiger partial charge in [-0.05, 0) is 30.9 Å². The molecule has 5 nitrogen and oxygen atoms in total. The zero-order chi connectivity index (χ0) is 16.8. The lowest BCUT2D eigenvalue weighted by Crippen LogP contribution is -2.50. The van der Waals surface area contributed by atoms with E-state index in [-0.39, 0.29) is 35.9 Å². The van der Waals surface area contributed by atoms with Crippen LogP contribution in [0.4, 0.5) is 5.69 Å². The number of hydrogen-bond donors (Lipinski definition) is 0. The van der Waals surface area contributed by atoms with Gasteiger partial charge in [-0.1, -0.05) is 30.4 Å². The summed E-state index contributed by atoms with van der Waals surface area (Å²) < 4.78 is 6.30. The summed E-state index contributed by atoms with van der Waals surface area (Å²) in [6.07, 6.45) is 7.45. The van der Waals surface area contributed by atoms with Crippen LogP contribution in [0.3, 0.4) is 0 Å². The summed E-state index contributed by atoms with van der Waals surface area (Å²) in [4.78, 5) is 29.6. The average Bonchev–Trinajstić information content (AvgIpc) is 3.37. The monoisotopic (exact) mass is 336 g/mol. The van der Waals surface area contributed by atoms with Crippen LogP contribution in [-0.4, -0.2) is 41.0 Å². The second kappa shape index (κ2) is 4.52. The van der Waals surface area contributed by atoms with Gasteiger partial charge in [0.25, 0.3) is 0 Å². The molecule has 1 spiro atoms. The van der Waals surface area contributed by atoms with E-state index in [4.69, 9.17) is 4.74 Å². The highest BCUT2D eigenvalue weighted by atomic mass is 16.5. The Balaban J connectivity index is 1.51. The molecule has 0 radical (unpaired) electrons. The highest BCUT2D eigenvalue weighted by Gasteiger charge is 2.67. The molecule has 1 aromatic carbocycles. The maximum absolute atomic E-state index is 13.2. The number of likely N-dealkylation sites (tertiary alicyclic amines) is 1. The van der Waals surface area contributed by atoms with Crippen LogP contribution < -0.4 is 4.90 Å². The Hall–Kier alpha value is -2.14. The second-order valence-electron chi connectivity index (χ2n) is 7.88. The molecule has 2 amide bonds. The van der Waals surface area contributed by atoms with Gasteiger partial charge in [0, 0.05) is 18.7 Å². The molecule has 5 aliphatic rings. The molecule has 3 fully saturated rings. The number of fused-ring (bicyclic) bond motifs is 4. The molecule has 0 N–H and O–H groups in total. The molecule has 5 aliphatic heterocycles. The summed E-state index contributed by atoms with van der Waals surface area (Å²) in [5.74, 6) is 0.350. The van der Waals surface area contributed by atoms with E-state index in [1.54, 1.807) is 0 Å². The molecule has 25 heavy (non-hydrogen) atoms. The molecular formula is C20H20N2O3. The van der Waals surface area contributed by atoms with Gasteiger partial charge in [-0.2, -0.15) is 0 Å². The standard InChI is InChI=1S/C20H20N2O3/c23-18-6-3-9-21(18)16-11-17-20-8-7-12(25-20)10-14(20)19(24)22(17)15-5-2-1-4-13(15)16/h1-2,4-5,7-8,12,14,16-17H,3,6,9-11H2/t12-,14+,16+,17+,20+/m1/s1. The van der Waals surface area contributed by atoms with Crippen molar-refractivity contribution in [2.75, 3.05) is 11.4 Å². The van der Waals surface area contributed by atoms with Gasteiger partial charge in [0.2, 0.25) is 11.8 Å². The lowest BCUT2D eigenvalue weighted by molar-refractivity contribution is -0.130. The van der Waals surface area contributed by atoms with Crippen LogP contribution in [0.25, 0.3) is 0 Å². The fourth-order valence-corrected chi connectivity index (χ4v) is 5.78. The molecule has 0 saturated carbocycles. The van der Waals surface area contributed by atoms with Crippen LogP contribution in [-0.2, 0) is 14.3 Å². The summed E-state index contributed by atoms with van der Waals surface area (Å²) >= 11 is 0. The molecular weight excluding hydrogens is 316 g/mol. The lowest BCUT2D eigenvalue weighted by Gasteiger charge is -2.43. The molecule has 2 bridgehead atoms. The van der Waals surface area contributed by atoms with E-state index in [1.165, 1.54) is 0 Å². The number of carbonyl (C=O) groups is 2. The third kappa shape index (κ3) is 1.58. The molecule has 1 aromatic rings. The summed E-state index contributed by atoms with van der Waals surface area (Å²) in [6, 6.07) is 8.13. The largest absolute Gasteiger partial charge is 0.361 e. The predicted molar refractivity (Wildman–Crippen MR) is 90.9 cm³/mol. The Morgan fingerprint density at radius 3 is 2.84 bits per heavy atom. The maximum atomic E-state index is 13.2. The number of hydrogen-bond acceptors (Lipinski definition) is 3. The van der Waals surface area contributed by atoms with Crippen molar-refractivity contribution in [1.29, 1.82) is 0 Å². The van der Waals surface area contributed by atoms with Crippen LogP contribution in [0.1, 0.15) is 37.3 Å². The molecule has 3 saturated heterocycles. The van der Waals surface area contributed by atoms with Crippen molar-refractivity contribution in [3.63, 3.8) is 0 Å². The fraction of sp³-hybridized carbons (Fsp3) is 0.500. The first-order valence-corrected chi connectivity index (χ1v) is 9.28. The smallest absolute Gasteiger partial charge is 0.233 e. The lowest BCUT2D eigenvalue weighted by atomic mass is 9.78. The first-order chi connectivity index (χ1) is 12.2. The molecule has 128 valence electrons. The molecule has 0 aromatic heterocycles. The number of nitrogens with zero attached hydrogens (tertiary/aromatic N) is 2. The van der Waals surface area contributed by atoms with Crippen molar-refractivity contribution >= 4 is 17.5 Å². The average molecular weight is 336 g/mol. The van der Waals surface area contributed by atoms with Gasteiger partial charge in [0.05, 0.1) is 24.1 Å². The van der Waals surface area contributed by atoms with Crippen molar-refractivity contribution in [2.45, 2.75) is 49.5 Å². The van der Waals surface area contributed by atoms with Crippen molar-refractivity contribution < 1.29 is 14.3 Å². The van der Waals surface area contributed by atoms with E-state index >= 15 is 0 Å². The topological polar surface area (TPSA) is 49.9 Å². The van der Waals surface area contributed by atoms with E-state index in [1.807, 2.05) is 28.0 Å². The van der Waals surface area contributed by atoms with Crippen molar-refractivity contribution in [3.05, 3.63) is 42.0 Å². The number of para-hydroxylation sites is 1. The van der Waals surface area contributed by atoms with Crippen molar-refractivity contribution in [1.82, 2.24) is 4.90 Å². The number of benzene rings is 1. The predicted octanol–water partition coefficient (Wildman–Crippen LogP) is 2.18. The summed E-state index contributed by atoms with van der Waals surface area (Å²) in [7, 11) is 0. The zero-order valence-electron chi connectivity index (χ0n) is 13.9. The van der Waals surface area contributed by atoms with Crippen molar-refractivity contribution in [3.8, 4) is 0 Å². The quantitative estimate of drug-likeness (QED) is 0.739. The third-order valence-corrected chi connectivity index (χ3v) is 6.80.